The van der Waals surface area contributed by atoms with Gasteiger partial charge in [0.1, 0.15) is 0 Å². The molecule has 0 aliphatic carbocycles. The maximum atomic E-state index is 11.9. The van der Waals surface area contributed by atoms with E-state index < -0.39 is 0 Å². The van der Waals surface area contributed by atoms with Crippen molar-refractivity contribution in [2.75, 3.05) is 5.32 Å². The molecule has 2 N–H and O–H groups in total. The van der Waals surface area contributed by atoms with Gasteiger partial charge in [0, 0.05) is 12.5 Å². The molecule has 0 aliphatic rings. The van der Waals surface area contributed by atoms with Crippen molar-refractivity contribution in [3.05, 3.63) is 16.7 Å². The van der Waals surface area contributed by atoms with Crippen molar-refractivity contribution in [3.8, 4) is 0 Å². The number of nitrogens with zero attached hydrogens (tertiary/aromatic N) is 3. The molecular weight excluding hydrogens is 258 g/mol. The molecule has 2 rings (SSSR count). The third-order valence-electron chi connectivity index (χ3n) is 2.84. The third kappa shape index (κ3) is 2.87. The van der Waals surface area contributed by atoms with Crippen molar-refractivity contribution in [1.82, 2.24) is 19.5 Å². The van der Waals surface area contributed by atoms with Crippen LogP contribution in [0.4, 0.5) is 5.95 Å². The molecule has 108 valence electrons. The molecule has 0 aliphatic heterocycles. The summed E-state index contributed by atoms with van der Waals surface area (Å²) in [6, 6.07) is 0.133. The van der Waals surface area contributed by atoms with E-state index in [-0.39, 0.29) is 34.9 Å². The maximum absolute atomic E-state index is 11.9. The number of hydrogen-bond donors (Lipinski definition) is 2. The summed E-state index contributed by atoms with van der Waals surface area (Å²) >= 11 is 0. The summed E-state index contributed by atoms with van der Waals surface area (Å²) < 4.78 is 1.79. The molecule has 0 fully saturated rings. The Morgan fingerprint density at radius 1 is 1.40 bits per heavy atom. The van der Waals surface area contributed by atoms with Crippen LogP contribution < -0.4 is 10.9 Å². The van der Waals surface area contributed by atoms with Crippen molar-refractivity contribution in [1.29, 1.82) is 0 Å². The Morgan fingerprint density at radius 2 is 2.10 bits per heavy atom. The molecule has 0 atom stereocenters. The molecule has 0 bridgehead atoms. The number of fused-ring (bicyclic) bond motifs is 1. The minimum Gasteiger partial charge on any atom is -0.312 e. The molecule has 1 amide bonds. The van der Waals surface area contributed by atoms with Crippen LogP contribution in [0.3, 0.4) is 0 Å². The summed E-state index contributed by atoms with van der Waals surface area (Å²) in [6.07, 6.45) is 1.96. The molecule has 0 saturated carbocycles. The number of rotatable bonds is 4. The van der Waals surface area contributed by atoms with Gasteiger partial charge >= 0.3 is 0 Å². The normalized spacial score (nSPS) is 11.5. The number of aromatic nitrogens is 4. The van der Waals surface area contributed by atoms with Crippen LogP contribution in [0.15, 0.2) is 11.1 Å². The highest BCUT2D eigenvalue weighted by Gasteiger charge is 2.13. The maximum Gasteiger partial charge on any atom is 0.280 e. The fraction of sp³-hybridized carbons (Fsp3) is 0.538. The van der Waals surface area contributed by atoms with E-state index in [4.69, 9.17) is 0 Å². The molecule has 20 heavy (non-hydrogen) atoms. The molecule has 2 aromatic heterocycles. The lowest BCUT2D eigenvalue weighted by Crippen LogP contribution is -2.20. The van der Waals surface area contributed by atoms with Crippen LogP contribution in [-0.2, 0) is 4.79 Å². The average molecular weight is 277 g/mol. The number of aromatic amines is 1. The van der Waals surface area contributed by atoms with Crippen LogP contribution >= 0.6 is 0 Å². The molecule has 7 heteroatoms. The molecule has 2 aromatic rings. The fourth-order valence-electron chi connectivity index (χ4n) is 1.92. The van der Waals surface area contributed by atoms with Crippen LogP contribution in [0.25, 0.3) is 11.2 Å². The van der Waals surface area contributed by atoms with Gasteiger partial charge in [-0.25, -0.2) is 4.98 Å². The summed E-state index contributed by atoms with van der Waals surface area (Å²) in [5.41, 5.74) is 0.401. The zero-order valence-corrected chi connectivity index (χ0v) is 12.1. The second-order valence-electron chi connectivity index (χ2n) is 5.48. The van der Waals surface area contributed by atoms with Crippen LogP contribution in [0.2, 0.25) is 0 Å². The Morgan fingerprint density at radius 3 is 2.70 bits per heavy atom. The summed E-state index contributed by atoms with van der Waals surface area (Å²) in [4.78, 5) is 34.5. The Kier molecular flexibility index (Phi) is 3.87. The minimum atomic E-state index is -0.353. The number of imidazole rings is 1. The quantitative estimate of drug-likeness (QED) is 0.889. The first-order valence-corrected chi connectivity index (χ1v) is 6.65. The van der Waals surface area contributed by atoms with Crippen molar-refractivity contribution in [3.63, 3.8) is 0 Å². The first-order valence-electron chi connectivity index (χ1n) is 6.65. The Balaban J connectivity index is 2.38. The van der Waals surface area contributed by atoms with Gasteiger partial charge in [0.05, 0.1) is 6.33 Å². The number of amides is 1. The standard InChI is InChI=1S/C13H19N5O2/c1-7(2)5-9(19)15-13-16-11-10(12(20)17-13)14-6-18(11)8(3)4/h6-8H,5H2,1-4H3,(H2,15,16,17,19,20). The van der Waals surface area contributed by atoms with Gasteiger partial charge < -0.3 is 4.57 Å². The zero-order valence-electron chi connectivity index (χ0n) is 12.1. The average Bonchev–Trinajstić information content (AvgIpc) is 2.71. The first kappa shape index (κ1) is 14.2. The van der Waals surface area contributed by atoms with E-state index in [1.54, 1.807) is 10.9 Å². The van der Waals surface area contributed by atoms with Crippen LogP contribution in [0, 0.1) is 5.92 Å². The summed E-state index contributed by atoms with van der Waals surface area (Å²) in [5, 5.41) is 2.62. The fourth-order valence-corrected chi connectivity index (χ4v) is 1.92. The summed E-state index contributed by atoms with van der Waals surface area (Å²) in [5.74, 6) is 0.236. The number of nitrogens with one attached hydrogen (secondary N) is 2. The van der Waals surface area contributed by atoms with Gasteiger partial charge in [0.25, 0.3) is 5.56 Å². The Bertz CT molecular complexity index is 684. The molecule has 0 radical (unpaired) electrons. The summed E-state index contributed by atoms with van der Waals surface area (Å²) in [6.45, 7) is 7.85. The van der Waals surface area contributed by atoms with E-state index in [0.717, 1.165) is 0 Å². The second-order valence-corrected chi connectivity index (χ2v) is 5.48. The van der Waals surface area contributed by atoms with E-state index in [1.807, 2.05) is 27.7 Å². The molecule has 7 nitrogen and oxygen atoms in total. The van der Waals surface area contributed by atoms with Gasteiger partial charge in [-0.3, -0.25) is 19.9 Å². The number of carbonyl (C=O) groups is 1. The smallest absolute Gasteiger partial charge is 0.280 e. The van der Waals surface area contributed by atoms with Crippen LogP contribution in [0.1, 0.15) is 40.2 Å². The summed E-state index contributed by atoms with van der Waals surface area (Å²) in [7, 11) is 0. The third-order valence-corrected chi connectivity index (χ3v) is 2.84. The van der Waals surface area contributed by atoms with Gasteiger partial charge in [-0.15, -0.1) is 0 Å². The lowest BCUT2D eigenvalue weighted by atomic mass is 10.1. The van der Waals surface area contributed by atoms with E-state index >= 15 is 0 Å². The number of carbonyl (C=O) groups excluding carboxylic acids is 1. The minimum absolute atomic E-state index is 0.133. The van der Waals surface area contributed by atoms with Gasteiger partial charge in [0.2, 0.25) is 11.9 Å². The van der Waals surface area contributed by atoms with E-state index in [9.17, 15) is 9.59 Å². The highest BCUT2D eigenvalue weighted by Crippen LogP contribution is 2.13. The van der Waals surface area contributed by atoms with Crippen molar-refractivity contribution in [2.24, 2.45) is 5.92 Å². The largest absolute Gasteiger partial charge is 0.312 e. The highest BCUT2D eigenvalue weighted by atomic mass is 16.2. The van der Waals surface area contributed by atoms with Gasteiger partial charge in [0.15, 0.2) is 11.2 Å². The second kappa shape index (κ2) is 5.44. The van der Waals surface area contributed by atoms with Crippen LogP contribution in [0.5, 0.6) is 0 Å². The van der Waals surface area contributed by atoms with Gasteiger partial charge in [-0.1, -0.05) is 13.8 Å². The molecule has 0 unspecified atom stereocenters. The Labute approximate surface area is 116 Å². The number of H-pyrrole nitrogens is 1. The predicted octanol–water partition coefficient (Wildman–Crippen LogP) is 1.69. The molecule has 0 aromatic carbocycles. The van der Waals surface area contributed by atoms with Crippen molar-refractivity contribution >= 4 is 23.0 Å². The predicted molar refractivity (Wildman–Crippen MR) is 76.6 cm³/mol. The SMILES string of the molecule is CC(C)CC(=O)Nc1nc2c(ncn2C(C)C)c(=O)[nH]1. The monoisotopic (exact) mass is 277 g/mol. The Hall–Kier alpha value is -2.18. The lowest BCUT2D eigenvalue weighted by molar-refractivity contribution is -0.116. The first-order chi connectivity index (χ1) is 9.38. The van der Waals surface area contributed by atoms with E-state index in [0.29, 0.717) is 12.1 Å². The number of hydrogen-bond acceptors (Lipinski definition) is 4. The van der Waals surface area contributed by atoms with E-state index in [1.165, 1.54) is 0 Å². The lowest BCUT2D eigenvalue weighted by Gasteiger charge is -2.09. The van der Waals surface area contributed by atoms with Crippen molar-refractivity contribution < 1.29 is 4.79 Å². The molecular formula is C13H19N5O2. The van der Waals surface area contributed by atoms with Crippen LogP contribution in [-0.4, -0.2) is 25.4 Å². The molecule has 0 saturated heterocycles. The molecule has 0 spiro atoms. The van der Waals surface area contributed by atoms with E-state index in [2.05, 4.69) is 20.3 Å². The van der Waals surface area contributed by atoms with Gasteiger partial charge in [-0.05, 0) is 19.8 Å². The number of anilines is 1. The van der Waals surface area contributed by atoms with Crippen molar-refractivity contribution in [2.45, 2.75) is 40.2 Å². The molecule has 2 heterocycles. The highest BCUT2D eigenvalue weighted by molar-refractivity contribution is 5.89. The topological polar surface area (TPSA) is 92.7 Å². The zero-order chi connectivity index (χ0) is 14.9. The van der Waals surface area contributed by atoms with Gasteiger partial charge in [-0.2, -0.15) is 4.98 Å².